The van der Waals surface area contributed by atoms with E-state index in [1.807, 2.05) is 6.07 Å². The van der Waals surface area contributed by atoms with Gasteiger partial charge < -0.3 is 14.5 Å². The molecule has 3 rings (SSSR count). The van der Waals surface area contributed by atoms with E-state index in [1.165, 1.54) is 0 Å². The van der Waals surface area contributed by atoms with E-state index in [4.69, 9.17) is 4.52 Å². The fourth-order valence-corrected chi connectivity index (χ4v) is 2.43. The number of aryl methyl sites for hydroxylation is 2. The highest BCUT2D eigenvalue weighted by Gasteiger charge is 2.28. The Morgan fingerprint density at radius 3 is 3.05 bits per heavy atom. The summed E-state index contributed by atoms with van der Waals surface area (Å²) in [7, 11) is 0. The molecule has 1 N–H and O–H groups in total. The largest absolute Gasteiger partial charge is 0.506 e. The van der Waals surface area contributed by atoms with Crippen molar-refractivity contribution < 1.29 is 14.4 Å². The maximum atomic E-state index is 12.4. The van der Waals surface area contributed by atoms with Crippen LogP contribution < -0.4 is 4.90 Å². The predicted molar refractivity (Wildman–Crippen MR) is 69.3 cm³/mol. The van der Waals surface area contributed by atoms with Crippen LogP contribution in [0, 0.1) is 6.92 Å². The van der Waals surface area contributed by atoms with Crippen molar-refractivity contribution in [3.63, 3.8) is 0 Å². The summed E-state index contributed by atoms with van der Waals surface area (Å²) < 4.78 is 5.01. The number of para-hydroxylation sites is 1. The molecule has 0 saturated heterocycles. The molecule has 0 spiro atoms. The van der Waals surface area contributed by atoms with Crippen LogP contribution in [0.3, 0.4) is 0 Å². The SMILES string of the molecule is Cc1cc(C(=O)N2CCCc3cccc(O)c32)on1. The third-order valence-electron chi connectivity index (χ3n) is 3.28. The first-order valence-electron chi connectivity index (χ1n) is 6.23. The molecule has 0 radical (unpaired) electrons. The topological polar surface area (TPSA) is 66.6 Å². The number of amides is 1. The highest BCUT2D eigenvalue weighted by atomic mass is 16.5. The lowest BCUT2D eigenvalue weighted by Crippen LogP contribution is -2.35. The summed E-state index contributed by atoms with van der Waals surface area (Å²) in [6.07, 6.45) is 1.73. The molecule has 0 aliphatic carbocycles. The average molecular weight is 258 g/mol. The Hall–Kier alpha value is -2.30. The minimum Gasteiger partial charge on any atom is -0.506 e. The molecule has 98 valence electrons. The second kappa shape index (κ2) is 4.42. The highest BCUT2D eigenvalue weighted by Crippen LogP contribution is 2.36. The molecule has 2 aromatic rings. The first-order chi connectivity index (χ1) is 9.16. The summed E-state index contributed by atoms with van der Waals surface area (Å²) in [5.41, 5.74) is 2.24. The lowest BCUT2D eigenvalue weighted by atomic mass is 10.0. The fourth-order valence-electron chi connectivity index (χ4n) is 2.43. The number of carbonyl (C=O) groups is 1. The molecule has 1 aliphatic heterocycles. The number of phenols is 1. The summed E-state index contributed by atoms with van der Waals surface area (Å²) in [6, 6.07) is 6.92. The van der Waals surface area contributed by atoms with E-state index < -0.39 is 0 Å². The Morgan fingerprint density at radius 2 is 2.32 bits per heavy atom. The normalized spacial score (nSPS) is 14.3. The molecule has 5 nitrogen and oxygen atoms in total. The van der Waals surface area contributed by atoms with Crippen LogP contribution >= 0.6 is 0 Å². The van der Waals surface area contributed by atoms with Gasteiger partial charge in [0.25, 0.3) is 5.91 Å². The van der Waals surface area contributed by atoms with Gasteiger partial charge in [0.15, 0.2) is 0 Å². The second-order valence-electron chi connectivity index (χ2n) is 4.68. The Kier molecular flexibility index (Phi) is 2.74. The smallest absolute Gasteiger partial charge is 0.296 e. The van der Waals surface area contributed by atoms with E-state index in [0.29, 0.717) is 17.9 Å². The number of fused-ring (bicyclic) bond motifs is 1. The standard InChI is InChI=1S/C14H14N2O3/c1-9-8-12(19-15-9)14(18)16-7-3-5-10-4-2-6-11(17)13(10)16/h2,4,6,8,17H,3,5,7H2,1H3. The van der Waals surface area contributed by atoms with Crippen molar-refractivity contribution in [2.45, 2.75) is 19.8 Å². The number of rotatable bonds is 1. The van der Waals surface area contributed by atoms with Crippen molar-refractivity contribution in [2.75, 3.05) is 11.4 Å². The molecule has 0 atom stereocenters. The Labute approximate surface area is 110 Å². The van der Waals surface area contributed by atoms with Crippen LogP contribution in [-0.2, 0) is 6.42 Å². The number of carbonyl (C=O) groups excluding carboxylic acids is 1. The Balaban J connectivity index is 2.02. The van der Waals surface area contributed by atoms with Gasteiger partial charge in [-0.25, -0.2) is 0 Å². The summed E-state index contributed by atoms with van der Waals surface area (Å²) in [6.45, 7) is 2.34. The molecule has 1 amide bonds. The Morgan fingerprint density at radius 1 is 1.47 bits per heavy atom. The highest BCUT2D eigenvalue weighted by molar-refractivity contribution is 6.05. The lowest BCUT2D eigenvalue weighted by molar-refractivity contribution is 0.0948. The molecule has 1 aliphatic rings. The van der Waals surface area contributed by atoms with Gasteiger partial charge in [0.1, 0.15) is 5.75 Å². The van der Waals surface area contributed by atoms with E-state index in [1.54, 1.807) is 30.0 Å². The zero-order valence-corrected chi connectivity index (χ0v) is 10.6. The van der Waals surface area contributed by atoms with Crippen molar-refractivity contribution in [2.24, 2.45) is 0 Å². The third kappa shape index (κ3) is 1.97. The van der Waals surface area contributed by atoms with Gasteiger partial charge in [-0.05, 0) is 31.4 Å². The number of anilines is 1. The van der Waals surface area contributed by atoms with Gasteiger partial charge >= 0.3 is 0 Å². The summed E-state index contributed by atoms with van der Waals surface area (Å²) in [5, 5.41) is 13.7. The minimum atomic E-state index is -0.261. The Bertz CT molecular complexity index is 633. The molecule has 5 heteroatoms. The molecule has 2 heterocycles. The van der Waals surface area contributed by atoms with Gasteiger partial charge in [-0.1, -0.05) is 17.3 Å². The lowest BCUT2D eigenvalue weighted by Gasteiger charge is -2.29. The number of aromatic nitrogens is 1. The molecule has 0 fully saturated rings. The quantitative estimate of drug-likeness (QED) is 0.852. The van der Waals surface area contributed by atoms with Crippen LogP contribution in [0.5, 0.6) is 5.75 Å². The second-order valence-corrected chi connectivity index (χ2v) is 4.68. The summed E-state index contributed by atoms with van der Waals surface area (Å²) in [4.78, 5) is 14.0. The van der Waals surface area contributed by atoms with Gasteiger partial charge in [-0.2, -0.15) is 0 Å². The van der Waals surface area contributed by atoms with Crippen molar-refractivity contribution >= 4 is 11.6 Å². The van der Waals surface area contributed by atoms with Gasteiger partial charge in [0, 0.05) is 12.6 Å². The van der Waals surface area contributed by atoms with Crippen molar-refractivity contribution in [1.82, 2.24) is 5.16 Å². The number of phenolic OH excluding ortho intramolecular Hbond substituents is 1. The number of benzene rings is 1. The molecule has 0 saturated carbocycles. The fraction of sp³-hybridized carbons (Fsp3) is 0.286. The number of hydrogen-bond donors (Lipinski definition) is 1. The third-order valence-corrected chi connectivity index (χ3v) is 3.28. The molecule has 0 bridgehead atoms. The average Bonchev–Trinajstić information content (AvgIpc) is 2.84. The van der Waals surface area contributed by atoms with E-state index in [9.17, 15) is 9.90 Å². The van der Waals surface area contributed by atoms with E-state index in [0.717, 1.165) is 18.4 Å². The molecular weight excluding hydrogens is 244 g/mol. The number of aromatic hydroxyl groups is 1. The monoisotopic (exact) mass is 258 g/mol. The van der Waals surface area contributed by atoms with Crippen LogP contribution in [0.15, 0.2) is 28.8 Å². The molecule has 1 aromatic carbocycles. The van der Waals surface area contributed by atoms with Gasteiger partial charge in [0.05, 0.1) is 11.4 Å². The van der Waals surface area contributed by atoms with Crippen LogP contribution in [0.2, 0.25) is 0 Å². The van der Waals surface area contributed by atoms with Crippen LogP contribution in [0.25, 0.3) is 0 Å². The number of hydrogen-bond acceptors (Lipinski definition) is 4. The molecule has 0 unspecified atom stereocenters. The number of nitrogens with zero attached hydrogens (tertiary/aromatic N) is 2. The summed E-state index contributed by atoms with van der Waals surface area (Å²) in [5.74, 6) is 0.0680. The van der Waals surface area contributed by atoms with Crippen LogP contribution in [0.4, 0.5) is 5.69 Å². The van der Waals surface area contributed by atoms with Crippen LogP contribution in [-0.4, -0.2) is 22.7 Å². The van der Waals surface area contributed by atoms with Gasteiger partial charge in [0.2, 0.25) is 5.76 Å². The summed E-state index contributed by atoms with van der Waals surface area (Å²) >= 11 is 0. The van der Waals surface area contributed by atoms with Crippen molar-refractivity contribution in [3.8, 4) is 5.75 Å². The molecule has 1 aromatic heterocycles. The van der Waals surface area contributed by atoms with E-state index in [2.05, 4.69) is 5.16 Å². The first kappa shape index (κ1) is 11.8. The zero-order chi connectivity index (χ0) is 13.4. The van der Waals surface area contributed by atoms with Crippen LogP contribution in [0.1, 0.15) is 28.2 Å². The molecular formula is C14H14N2O3. The maximum absolute atomic E-state index is 12.4. The zero-order valence-electron chi connectivity index (χ0n) is 10.6. The van der Waals surface area contributed by atoms with Gasteiger partial charge in [-0.15, -0.1) is 0 Å². The predicted octanol–water partition coefficient (Wildman–Crippen LogP) is 2.28. The maximum Gasteiger partial charge on any atom is 0.296 e. The molecule has 19 heavy (non-hydrogen) atoms. The van der Waals surface area contributed by atoms with Crippen molar-refractivity contribution in [3.05, 3.63) is 41.3 Å². The van der Waals surface area contributed by atoms with Crippen molar-refractivity contribution in [1.29, 1.82) is 0 Å². The van der Waals surface area contributed by atoms with E-state index in [-0.39, 0.29) is 17.4 Å². The minimum absolute atomic E-state index is 0.127. The van der Waals surface area contributed by atoms with E-state index >= 15 is 0 Å². The van der Waals surface area contributed by atoms with Gasteiger partial charge in [-0.3, -0.25) is 4.79 Å². The first-order valence-corrected chi connectivity index (χ1v) is 6.23.